The van der Waals surface area contributed by atoms with Crippen molar-refractivity contribution in [2.45, 2.75) is 20.3 Å². The van der Waals surface area contributed by atoms with Gasteiger partial charge in [-0.05, 0) is 20.3 Å². The van der Waals surface area contributed by atoms with Crippen molar-refractivity contribution >= 4 is 7.25 Å². The van der Waals surface area contributed by atoms with E-state index in [1.165, 1.54) is 0 Å². The molecule has 0 heterocycles. The molecule has 0 atom stereocenters. The molecule has 0 aliphatic heterocycles. The molecule has 0 rings (SSSR count). The van der Waals surface area contributed by atoms with Crippen molar-refractivity contribution in [3.05, 3.63) is 24.3 Å². The first-order valence-corrected chi connectivity index (χ1v) is 3.51. The van der Waals surface area contributed by atoms with Gasteiger partial charge in [0.25, 0.3) is 0 Å². The molecular weight excluding hydrogens is 274 g/mol. The van der Waals surface area contributed by atoms with Crippen molar-refractivity contribution in [1.82, 2.24) is 0 Å². The summed E-state index contributed by atoms with van der Waals surface area (Å²) in [6, 6.07) is 0. The van der Waals surface area contributed by atoms with Crippen LogP contribution in [-0.4, -0.2) is 7.25 Å². The SMILES string of the molecule is CC=CCC=CC.F[B-](F)(F)F.[Rh]. The molecule has 6 heteroatoms. The maximum atomic E-state index is 9.75. The fourth-order valence-corrected chi connectivity index (χ4v) is 0.351. The van der Waals surface area contributed by atoms with Gasteiger partial charge in [-0.25, -0.2) is 0 Å². The Kier molecular flexibility index (Phi) is 17.0. The van der Waals surface area contributed by atoms with Crippen molar-refractivity contribution in [3.63, 3.8) is 0 Å². The summed E-state index contributed by atoms with van der Waals surface area (Å²) in [7, 11) is -6.00. The fraction of sp³-hybridized carbons (Fsp3) is 0.429. The number of hydrogen-bond donors (Lipinski definition) is 0. The normalized spacial score (nSPS) is 10.9. The van der Waals surface area contributed by atoms with E-state index in [1.54, 1.807) is 0 Å². The molecule has 0 aliphatic carbocycles. The molecular formula is C7H12BF4Rh-. The topological polar surface area (TPSA) is 0 Å². The number of rotatable bonds is 2. The van der Waals surface area contributed by atoms with Crippen molar-refractivity contribution in [1.29, 1.82) is 0 Å². The molecule has 0 aromatic carbocycles. The minimum Gasteiger partial charge on any atom is -0.418 e. The largest absolute Gasteiger partial charge is 0.673 e. The molecule has 0 bridgehead atoms. The second-order valence-electron chi connectivity index (χ2n) is 1.87. The van der Waals surface area contributed by atoms with E-state index in [-0.39, 0.29) is 19.5 Å². The van der Waals surface area contributed by atoms with Gasteiger partial charge in [0.1, 0.15) is 0 Å². The Morgan fingerprint density at radius 2 is 1.15 bits per heavy atom. The van der Waals surface area contributed by atoms with Crippen LogP contribution >= 0.6 is 0 Å². The average molecular weight is 286 g/mol. The summed E-state index contributed by atoms with van der Waals surface area (Å²) in [5, 5.41) is 0. The van der Waals surface area contributed by atoms with Crippen molar-refractivity contribution < 1.29 is 36.7 Å². The van der Waals surface area contributed by atoms with Crippen molar-refractivity contribution in [3.8, 4) is 0 Å². The van der Waals surface area contributed by atoms with E-state index in [0.717, 1.165) is 6.42 Å². The van der Waals surface area contributed by atoms with Gasteiger partial charge >= 0.3 is 7.25 Å². The number of hydrogen-bond acceptors (Lipinski definition) is 0. The van der Waals surface area contributed by atoms with Crippen LogP contribution in [0.5, 0.6) is 0 Å². The zero-order valence-electron chi connectivity index (χ0n) is 7.44. The first-order valence-electron chi connectivity index (χ1n) is 3.51. The van der Waals surface area contributed by atoms with E-state index < -0.39 is 7.25 Å². The summed E-state index contributed by atoms with van der Waals surface area (Å²) >= 11 is 0. The van der Waals surface area contributed by atoms with Crippen LogP contribution in [0.15, 0.2) is 24.3 Å². The summed E-state index contributed by atoms with van der Waals surface area (Å²) < 4.78 is 39.0. The zero-order valence-corrected chi connectivity index (χ0v) is 9.08. The van der Waals surface area contributed by atoms with E-state index in [0.29, 0.717) is 0 Å². The maximum Gasteiger partial charge on any atom is 0.673 e. The molecule has 1 radical (unpaired) electrons. The smallest absolute Gasteiger partial charge is 0.418 e. The van der Waals surface area contributed by atoms with E-state index in [1.807, 2.05) is 13.8 Å². The summed E-state index contributed by atoms with van der Waals surface area (Å²) in [6.45, 7) is 4.06. The Morgan fingerprint density at radius 3 is 1.31 bits per heavy atom. The van der Waals surface area contributed by atoms with Gasteiger partial charge in [-0.1, -0.05) is 24.3 Å². The molecule has 0 spiro atoms. The van der Waals surface area contributed by atoms with Gasteiger partial charge in [0.2, 0.25) is 0 Å². The van der Waals surface area contributed by atoms with Crippen LogP contribution in [-0.2, 0) is 19.5 Å². The van der Waals surface area contributed by atoms with Crippen LogP contribution in [0.1, 0.15) is 20.3 Å². The molecule has 0 unspecified atom stereocenters. The molecule has 0 aliphatic rings. The predicted molar refractivity (Wildman–Crippen MR) is 44.4 cm³/mol. The second kappa shape index (κ2) is 11.9. The zero-order chi connectivity index (χ0) is 10.0. The van der Waals surface area contributed by atoms with Gasteiger partial charge in [0.15, 0.2) is 0 Å². The number of allylic oxidation sites excluding steroid dienone is 4. The molecule has 0 nitrogen and oxygen atoms in total. The summed E-state index contributed by atoms with van der Waals surface area (Å²) in [4.78, 5) is 0. The van der Waals surface area contributed by atoms with Crippen LogP contribution in [0.25, 0.3) is 0 Å². The van der Waals surface area contributed by atoms with E-state index in [9.17, 15) is 17.3 Å². The summed E-state index contributed by atoms with van der Waals surface area (Å²) in [5.74, 6) is 0. The molecule has 0 aromatic rings. The van der Waals surface area contributed by atoms with E-state index in [4.69, 9.17) is 0 Å². The number of halogens is 4. The molecule has 13 heavy (non-hydrogen) atoms. The standard InChI is InChI=1S/C7H12.BF4.Rh/c1-3-5-7-6-4-2;2-1(3,4)5;/h3-6H,7H2,1-2H3;;/q;-1;. The van der Waals surface area contributed by atoms with Gasteiger partial charge < -0.3 is 17.3 Å². The van der Waals surface area contributed by atoms with E-state index >= 15 is 0 Å². The average Bonchev–Trinajstić information content (AvgIpc) is 1.85. The van der Waals surface area contributed by atoms with Crippen LogP contribution in [0.2, 0.25) is 0 Å². The molecule has 0 fully saturated rings. The maximum absolute atomic E-state index is 9.75. The Balaban J connectivity index is -0.000000150. The Labute approximate surface area is 89.0 Å². The van der Waals surface area contributed by atoms with Gasteiger partial charge in [-0.15, -0.1) is 0 Å². The van der Waals surface area contributed by atoms with Gasteiger partial charge in [-0.2, -0.15) is 0 Å². The molecule has 0 saturated carbocycles. The molecule has 81 valence electrons. The third-order valence-corrected chi connectivity index (χ3v) is 0.744. The molecule has 0 aromatic heterocycles. The van der Waals surface area contributed by atoms with Crippen LogP contribution in [0.3, 0.4) is 0 Å². The second-order valence-corrected chi connectivity index (χ2v) is 1.87. The predicted octanol–water partition coefficient (Wildman–Crippen LogP) is 3.83. The molecule has 0 amide bonds. The third kappa shape index (κ3) is 76.9. The summed E-state index contributed by atoms with van der Waals surface area (Å²) in [5.41, 5.74) is 0. The monoisotopic (exact) mass is 286 g/mol. The third-order valence-electron chi connectivity index (χ3n) is 0.744. The fourth-order valence-electron chi connectivity index (χ4n) is 0.351. The minimum atomic E-state index is -6.00. The molecule has 0 saturated heterocycles. The Bertz CT molecular complexity index is 126. The summed E-state index contributed by atoms with van der Waals surface area (Å²) in [6.07, 6.45) is 9.44. The van der Waals surface area contributed by atoms with Gasteiger partial charge in [0, 0.05) is 19.5 Å². The van der Waals surface area contributed by atoms with Crippen LogP contribution in [0, 0.1) is 0 Å². The first kappa shape index (κ1) is 18.6. The van der Waals surface area contributed by atoms with Crippen molar-refractivity contribution in [2.75, 3.05) is 0 Å². The van der Waals surface area contributed by atoms with E-state index in [2.05, 4.69) is 24.3 Å². The van der Waals surface area contributed by atoms with Crippen LogP contribution in [0.4, 0.5) is 17.3 Å². The van der Waals surface area contributed by atoms with Crippen molar-refractivity contribution in [2.24, 2.45) is 0 Å². The first-order chi connectivity index (χ1) is 5.41. The van der Waals surface area contributed by atoms with Gasteiger partial charge in [0.05, 0.1) is 0 Å². The Hall–Kier alpha value is -0.112. The molecule has 0 N–H and O–H groups in total. The van der Waals surface area contributed by atoms with Crippen LogP contribution < -0.4 is 0 Å². The quantitative estimate of drug-likeness (QED) is 0.411. The van der Waals surface area contributed by atoms with Gasteiger partial charge in [-0.3, -0.25) is 0 Å². The minimum absolute atomic E-state index is 0. The Morgan fingerprint density at radius 1 is 0.923 bits per heavy atom.